The van der Waals surface area contributed by atoms with Gasteiger partial charge in [0.15, 0.2) is 0 Å². The van der Waals surface area contributed by atoms with Gasteiger partial charge < -0.3 is 11.1 Å². The van der Waals surface area contributed by atoms with Gasteiger partial charge in [0.05, 0.1) is 0 Å². The molecule has 104 valence electrons. The molecule has 1 aromatic heterocycles. The molecule has 0 unspecified atom stereocenters. The molecule has 0 bridgehead atoms. The topological polar surface area (TPSA) is 55.1 Å². The molecule has 1 rings (SSSR count). The highest BCUT2D eigenvalue weighted by Gasteiger charge is 2.17. The second-order valence-corrected chi connectivity index (χ2v) is 6.37. The number of rotatable bonds is 6. The van der Waals surface area contributed by atoms with Crippen LogP contribution in [0, 0.1) is 6.92 Å². The summed E-state index contributed by atoms with van der Waals surface area (Å²) >= 11 is 1.81. The molecule has 0 aliphatic heterocycles. The first-order valence-electron chi connectivity index (χ1n) is 5.99. The fourth-order valence-corrected chi connectivity index (χ4v) is 2.47. The van der Waals surface area contributed by atoms with Crippen molar-refractivity contribution >= 4 is 29.7 Å². The third-order valence-corrected chi connectivity index (χ3v) is 3.67. The zero-order valence-corrected chi connectivity index (χ0v) is 12.9. The van der Waals surface area contributed by atoms with E-state index >= 15 is 0 Å². The Labute approximate surface area is 120 Å². The van der Waals surface area contributed by atoms with Crippen molar-refractivity contribution in [2.75, 3.05) is 6.54 Å². The van der Waals surface area contributed by atoms with E-state index in [0.29, 0.717) is 13.0 Å². The van der Waals surface area contributed by atoms with Crippen LogP contribution in [0.15, 0.2) is 12.1 Å². The second kappa shape index (κ2) is 7.77. The van der Waals surface area contributed by atoms with Gasteiger partial charge in [-0.05, 0) is 45.7 Å². The normalized spacial score (nSPS) is 10.9. The van der Waals surface area contributed by atoms with E-state index in [4.69, 9.17) is 5.73 Å². The maximum absolute atomic E-state index is 11.6. The molecule has 0 radical (unpaired) electrons. The van der Waals surface area contributed by atoms with Crippen LogP contribution in [0.3, 0.4) is 0 Å². The van der Waals surface area contributed by atoms with Gasteiger partial charge in [0.2, 0.25) is 5.91 Å². The molecule has 0 saturated carbocycles. The number of hydrogen-bond acceptors (Lipinski definition) is 3. The lowest BCUT2D eigenvalue weighted by molar-refractivity contribution is -0.122. The van der Waals surface area contributed by atoms with Crippen LogP contribution in [0.1, 0.15) is 36.4 Å². The molecule has 3 nitrogen and oxygen atoms in total. The molecule has 18 heavy (non-hydrogen) atoms. The lowest BCUT2D eigenvalue weighted by atomic mass is 10.1. The van der Waals surface area contributed by atoms with E-state index in [-0.39, 0.29) is 23.9 Å². The van der Waals surface area contributed by atoms with Crippen molar-refractivity contribution in [3.8, 4) is 0 Å². The quantitative estimate of drug-likeness (QED) is 0.846. The molecule has 0 aliphatic carbocycles. The van der Waals surface area contributed by atoms with Gasteiger partial charge >= 0.3 is 0 Å². The third-order valence-electron chi connectivity index (χ3n) is 2.61. The number of aryl methyl sites for hydroxylation is 2. The average Bonchev–Trinajstić information content (AvgIpc) is 2.63. The molecule has 1 amide bonds. The van der Waals surface area contributed by atoms with Gasteiger partial charge in [-0.3, -0.25) is 4.79 Å². The van der Waals surface area contributed by atoms with E-state index in [1.807, 2.05) is 13.8 Å². The van der Waals surface area contributed by atoms with Crippen LogP contribution >= 0.6 is 23.7 Å². The van der Waals surface area contributed by atoms with Crippen LogP contribution in [-0.2, 0) is 11.2 Å². The van der Waals surface area contributed by atoms with Gasteiger partial charge in [-0.2, -0.15) is 0 Å². The predicted octanol–water partition coefficient (Wildman–Crippen LogP) is 2.65. The van der Waals surface area contributed by atoms with E-state index < -0.39 is 0 Å². The SMILES string of the molecule is Cc1ccc(CCCC(=O)NC(C)(C)CN)s1.Cl. The Morgan fingerprint density at radius 3 is 2.61 bits per heavy atom. The average molecular weight is 291 g/mol. The molecule has 0 atom stereocenters. The van der Waals surface area contributed by atoms with Gasteiger partial charge in [-0.1, -0.05) is 0 Å². The summed E-state index contributed by atoms with van der Waals surface area (Å²) in [5.41, 5.74) is 5.27. The van der Waals surface area contributed by atoms with E-state index in [1.165, 1.54) is 9.75 Å². The Bertz CT molecular complexity index is 377. The van der Waals surface area contributed by atoms with E-state index in [0.717, 1.165) is 12.8 Å². The minimum Gasteiger partial charge on any atom is -0.350 e. The third kappa shape index (κ3) is 6.38. The number of nitrogens with two attached hydrogens (primary N) is 1. The number of hydrogen-bond donors (Lipinski definition) is 2. The Hall–Kier alpha value is -0.580. The molecule has 1 heterocycles. The van der Waals surface area contributed by atoms with Gasteiger partial charge in [-0.15, -0.1) is 23.7 Å². The number of halogens is 1. The van der Waals surface area contributed by atoms with E-state index in [9.17, 15) is 4.79 Å². The largest absolute Gasteiger partial charge is 0.350 e. The summed E-state index contributed by atoms with van der Waals surface area (Å²) in [5, 5.41) is 2.94. The van der Waals surface area contributed by atoms with Crippen LogP contribution in [0.2, 0.25) is 0 Å². The number of carbonyl (C=O) groups excluding carboxylic acids is 1. The van der Waals surface area contributed by atoms with Crippen molar-refractivity contribution in [2.24, 2.45) is 5.73 Å². The summed E-state index contributed by atoms with van der Waals surface area (Å²) in [7, 11) is 0. The van der Waals surface area contributed by atoms with E-state index in [1.54, 1.807) is 11.3 Å². The first-order valence-corrected chi connectivity index (χ1v) is 6.81. The summed E-state index contributed by atoms with van der Waals surface area (Å²) < 4.78 is 0. The number of thiophene rings is 1. The minimum absolute atomic E-state index is 0. The molecule has 3 N–H and O–H groups in total. The van der Waals surface area contributed by atoms with Crippen LogP contribution in [0.25, 0.3) is 0 Å². The van der Waals surface area contributed by atoms with Gasteiger partial charge in [-0.25, -0.2) is 0 Å². The van der Waals surface area contributed by atoms with Gasteiger partial charge in [0.1, 0.15) is 0 Å². The number of amides is 1. The first kappa shape index (κ1) is 17.4. The Kier molecular flexibility index (Phi) is 7.52. The molecule has 0 aliphatic rings. The summed E-state index contributed by atoms with van der Waals surface area (Å²) in [4.78, 5) is 14.3. The highest BCUT2D eigenvalue weighted by atomic mass is 35.5. The molecule has 1 aromatic rings. The van der Waals surface area contributed by atoms with Crippen molar-refractivity contribution < 1.29 is 4.79 Å². The lowest BCUT2D eigenvalue weighted by Crippen LogP contribution is -2.48. The Balaban J connectivity index is 0.00000289. The highest BCUT2D eigenvalue weighted by molar-refractivity contribution is 7.11. The summed E-state index contributed by atoms with van der Waals surface area (Å²) in [6.07, 6.45) is 2.45. The number of carbonyl (C=O) groups is 1. The Morgan fingerprint density at radius 1 is 1.44 bits per heavy atom. The second-order valence-electron chi connectivity index (χ2n) is 5.00. The monoisotopic (exact) mass is 290 g/mol. The van der Waals surface area contributed by atoms with Crippen LogP contribution in [0.5, 0.6) is 0 Å². The van der Waals surface area contributed by atoms with Crippen molar-refractivity contribution in [2.45, 2.75) is 45.6 Å². The zero-order chi connectivity index (χ0) is 12.9. The lowest BCUT2D eigenvalue weighted by Gasteiger charge is -2.24. The highest BCUT2D eigenvalue weighted by Crippen LogP contribution is 2.17. The summed E-state index contributed by atoms with van der Waals surface area (Å²) in [5.74, 6) is 0.0914. The summed E-state index contributed by atoms with van der Waals surface area (Å²) in [6, 6.07) is 4.26. The molecule has 0 fully saturated rings. The van der Waals surface area contributed by atoms with Crippen LogP contribution in [0.4, 0.5) is 0 Å². The van der Waals surface area contributed by atoms with Crippen molar-refractivity contribution in [3.63, 3.8) is 0 Å². The van der Waals surface area contributed by atoms with Crippen molar-refractivity contribution in [1.82, 2.24) is 5.32 Å². The molecule has 5 heteroatoms. The van der Waals surface area contributed by atoms with Crippen LogP contribution in [-0.4, -0.2) is 18.0 Å². The fourth-order valence-electron chi connectivity index (χ4n) is 1.53. The zero-order valence-electron chi connectivity index (χ0n) is 11.3. The maximum atomic E-state index is 11.6. The minimum atomic E-state index is -0.295. The first-order chi connectivity index (χ1) is 7.93. The van der Waals surface area contributed by atoms with Gasteiger partial charge in [0.25, 0.3) is 0 Å². The van der Waals surface area contributed by atoms with Gasteiger partial charge in [0, 0.05) is 28.3 Å². The molecule has 0 saturated heterocycles. The van der Waals surface area contributed by atoms with Crippen molar-refractivity contribution in [3.05, 3.63) is 21.9 Å². The molecule has 0 spiro atoms. The van der Waals surface area contributed by atoms with E-state index in [2.05, 4.69) is 24.4 Å². The fraction of sp³-hybridized carbons (Fsp3) is 0.615. The van der Waals surface area contributed by atoms with Crippen molar-refractivity contribution in [1.29, 1.82) is 0 Å². The smallest absolute Gasteiger partial charge is 0.220 e. The molecular formula is C13H23ClN2OS. The Morgan fingerprint density at radius 2 is 2.11 bits per heavy atom. The molecular weight excluding hydrogens is 268 g/mol. The molecule has 0 aromatic carbocycles. The maximum Gasteiger partial charge on any atom is 0.220 e. The summed E-state index contributed by atoms with van der Waals surface area (Å²) in [6.45, 7) is 6.44. The van der Waals surface area contributed by atoms with Crippen LogP contribution < -0.4 is 11.1 Å². The standard InChI is InChI=1S/C13H22N2OS.ClH/c1-10-7-8-11(17-10)5-4-6-12(16)15-13(2,3)9-14;/h7-8H,4-6,9,14H2,1-3H3,(H,15,16);1H. The number of nitrogens with one attached hydrogen (secondary N) is 1. The predicted molar refractivity (Wildman–Crippen MR) is 80.5 cm³/mol.